The molecule has 0 fully saturated rings. The molecule has 0 saturated heterocycles. The molecule has 0 aliphatic heterocycles. The first kappa shape index (κ1) is 15.6. The third-order valence-electron chi connectivity index (χ3n) is 2.69. The van der Waals surface area contributed by atoms with Gasteiger partial charge in [0.05, 0.1) is 17.4 Å². The molecule has 1 N–H and O–H groups in total. The summed E-state index contributed by atoms with van der Waals surface area (Å²) in [6.07, 6.45) is 3.39. The van der Waals surface area contributed by atoms with Gasteiger partial charge in [-0.05, 0) is 24.1 Å². The fourth-order valence-corrected chi connectivity index (χ4v) is 2.41. The van der Waals surface area contributed by atoms with Crippen molar-refractivity contribution in [1.29, 1.82) is 5.26 Å². The summed E-state index contributed by atoms with van der Waals surface area (Å²) in [5.74, 6) is 1.40. The Bertz CT molecular complexity index is 423. The second-order valence-corrected chi connectivity index (χ2v) is 5.34. The van der Waals surface area contributed by atoms with Gasteiger partial charge in [0.15, 0.2) is 0 Å². The molecule has 102 valence electrons. The predicted octanol–water partition coefficient (Wildman–Crippen LogP) is 3.10. The van der Waals surface area contributed by atoms with Crippen LogP contribution in [-0.2, 0) is 10.5 Å². The van der Waals surface area contributed by atoms with Gasteiger partial charge >= 0.3 is 0 Å². The lowest BCUT2D eigenvalue weighted by molar-refractivity contribution is -0.118. The summed E-state index contributed by atoms with van der Waals surface area (Å²) in [7, 11) is 0. The summed E-state index contributed by atoms with van der Waals surface area (Å²) >= 11 is 1.60. The highest BCUT2D eigenvalue weighted by molar-refractivity contribution is 7.99. The summed E-state index contributed by atoms with van der Waals surface area (Å²) in [6.45, 7) is 2.93. The number of hydrogen-bond donors (Lipinski definition) is 1. The Kier molecular flexibility index (Phi) is 7.76. The molecule has 0 aliphatic carbocycles. The number of nitrogens with one attached hydrogen (secondary N) is 1. The molecule has 1 amide bonds. The van der Waals surface area contributed by atoms with Crippen molar-refractivity contribution in [2.75, 3.05) is 12.3 Å². The zero-order valence-electron chi connectivity index (χ0n) is 11.3. The zero-order chi connectivity index (χ0) is 13.9. The molecule has 0 atom stereocenters. The summed E-state index contributed by atoms with van der Waals surface area (Å²) in [4.78, 5) is 11.5. The minimum absolute atomic E-state index is 0.106. The van der Waals surface area contributed by atoms with Crippen molar-refractivity contribution in [2.45, 2.75) is 31.9 Å². The van der Waals surface area contributed by atoms with E-state index in [1.165, 1.54) is 12.8 Å². The van der Waals surface area contributed by atoms with Gasteiger partial charge in [0.1, 0.15) is 0 Å². The van der Waals surface area contributed by atoms with Gasteiger partial charge in [0.2, 0.25) is 5.91 Å². The van der Waals surface area contributed by atoms with Crippen LogP contribution in [0.15, 0.2) is 24.3 Å². The lowest BCUT2D eigenvalue weighted by Gasteiger charge is -2.05. The van der Waals surface area contributed by atoms with Gasteiger partial charge in [-0.2, -0.15) is 5.26 Å². The van der Waals surface area contributed by atoms with Crippen LogP contribution in [0.5, 0.6) is 0 Å². The molecule has 1 aromatic rings. The Morgan fingerprint density at radius 1 is 1.32 bits per heavy atom. The maximum atomic E-state index is 11.5. The first-order valence-electron chi connectivity index (χ1n) is 6.59. The van der Waals surface area contributed by atoms with E-state index >= 15 is 0 Å². The molecule has 0 radical (unpaired) electrons. The maximum absolute atomic E-state index is 11.5. The monoisotopic (exact) mass is 276 g/mol. The van der Waals surface area contributed by atoms with E-state index in [0.29, 0.717) is 11.3 Å². The Morgan fingerprint density at radius 2 is 2.05 bits per heavy atom. The van der Waals surface area contributed by atoms with Crippen molar-refractivity contribution >= 4 is 17.7 Å². The number of nitrogens with zero attached hydrogens (tertiary/aromatic N) is 1. The molecule has 1 aromatic carbocycles. The van der Waals surface area contributed by atoms with Gasteiger partial charge in [0.25, 0.3) is 0 Å². The summed E-state index contributed by atoms with van der Waals surface area (Å²) in [5, 5.41) is 11.6. The number of unbranched alkanes of at least 4 members (excludes halogenated alkanes) is 2. The van der Waals surface area contributed by atoms with E-state index in [4.69, 9.17) is 5.26 Å². The van der Waals surface area contributed by atoms with E-state index in [1.807, 2.05) is 12.1 Å². The number of benzene rings is 1. The molecule has 0 saturated carbocycles. The fourth-order valence-electron chi connectivity index (χ4n) is 1.59. The largest absolute Gasteiger partial charge is 0.355 e. The summed E-state index contributed by atoms with van der Waals surface area (Å²) in [6, 6.07) is 9.57. The molecular weight excluding hydrogens is 256 g/mol. The Labute approximate surface area is 119 Å². The minimum atomic E-state index is 0.106. The van der Waals surface area contributed by atoms with Crippen molar-refractivity contribution < 1.29 is 4.79 Å². The quantitative estimate of drug-likeness (QED) is 0.742. The van der Waals surface area contributed by atoms with Crippen LogP contribution in [0, 0.1) is 11.3 Å². The van der Waals surface area contributed by atoms with Gasteiger partial charge < -0.3 is 5.32 Å². The van der Waals surface area contributed by atoms with Crippen LogP contribution in [-0.4, -0.2) is 18.2 Å². The lowest BCUT2D eigenvalue weighted by Crippen LogP contribution is -2.26. The molecule has 19 heavy (non-hydrogen) atoms. The van der Waals surface area contributed by atoms with Crippen molar-refractivity contribution in [2.24, 2.45) is 0 Å². The van der Waals surface area contributed by atoms with Crippen LogP contribution in [0.3, 0.4) is 0 Å². The highest BCUT2D eigenvalue weighted by Crippen LogP contribution is 2.12. The zero-order valence-corrected chi connectivity index (χ0v) is 12.1. The van der Waals surface area contributed by atoms with Crippen LogP contribution in [0.2, 0.25) is 0 Å². The number of rotatable bonds is 8. The van der Waals surface area contributed by atoms with E-state index < -0.39 is 0 Å². The smallest absolute Gasteiger partial charge is 0.230 e. The van der Waals surface area contributed by atoms with Gasteiger partial charge in [0, 0.05) is 12.3 Å². The van der Waals surface area contributed by atoms with Gasteiger partial charge in [-0.3, -0.25) is 4.79 Å². The topological polar surface area (TPSA) is 52.9 Å². The molecule has 4 heteroatoms. The average molecular weight is 276 g/mol. The number of carbonyl (C=O) groups is 1. The molecule has 1 rings (SSSR count). The van der Waals surface area contributed by atoms with E-state index in [-0.39, 0.29) is 5.91 Å². The highest BCUT2D eigenvalue weighted by atomic mass is 32.2. The van der Waals surface area contributed by atoms with E-state index in [2.05, 4.69) is 18.3 Å². The normalized spacial score (nSPS) is 9.89. The van der Waals surface area contributed by atoms with Crippen LogP contribution in [0.25, 0.3) is 0 Å². The number of nitriles is 1. The third kappa shape index (κ3) is 6.88. The van der Waals surface area contributed by atoms with Gasteiger partial charge in [-0.1, -0.05) is 31.9 Å². The molecular formula is C15H20N2OS. The van der Waals surface area contributed by atoms with Crippen molar-refractivity contribution in [3.63, 3.8) is 0 Å². The molecule has 0 aliphatic rings. The Morgan fingerprint density at radius 3 is 2.68 bits per heavy atom. The molecule has 0 spiro atoms. The first-order valence-corrected chi connectivity index (χ1v) is 7.75. The van der Waals surface area contributed by atoms with E-state index in [1.54, 1.807) is 23.9 Å². The summed E-state index contributed by atoms with van der Waals surface area (Å²) in [5.41, 5.74) is 1.81. The fraction of sp³-hybridized carbons (Fsp3) is 0.467. The third-order valence-corrected chi connectivity index (χ3v) is 3.69. The lowest BCUT2D eigenvalue weighted by atomic mass is 10.2. The predicted molar refractivity (Wildman–Crippen MR) is 79.9 cm³/mol. The number of thioether (sulfide) groups is 1. The number of carbonyl (C=O) groups excluding carboxylic acids is 1. The van der Waals surface area contributed by atoms with Gasteiger partial charge in [-0.15, -0.1) is 11.8 Å². The number of amides is 1. The van der Waals surface area contributed by atoms with Crippen molar-refractivity contribution in [3.8, 4) is 6.07 Å². The van der Waals surface area contributed by atoms with Gasteiger partial charge in [-0.25, -0.2) is 0 Å². The van der Waals surface area contributed by atoms with E-state index in [0.717, 1.165) is 24.3 Å². The van der Waals surface area contributed by atoms with Crippen LogP contribution < -0.4 is 5.32 Å². The molecule has 0 bridgehead atoms. The second-order valence-electron chi connectivity index (χ2n) is 4.36. The molecule has 0 heterocycles. The average Bonchev–Trinajstić information content (AvgIpc) is 2.44. The maximum Gasteiger partial charge on any atom is 0.230 e. The molecule has 0 aromatic heterocycles. The summed E-state index contributed by atoms with van der Waals surface area (Å²) < 4.78 is 0. The Balaban J connectivity index is 2.15. The Hall–Kier alpha value is -1.47. The van der Waals surface area contributed by atoms with Crippen LogP contribution >= 0.6 is 11.8 Å². The van der Waals surface area contributed by atoms with Crippen molar-refractivity contribution in [1.82, 2.24) is 5.32 Å². The minimum Gasteiger partial charge on any atom is -0.355 e. The van der Waals surface area contributed by atoms with Crippen LogP contribution in [0.4, 0.5) is 0 Å². The highest BCUT2D eigenvalue weighted by Gasteiger charge is 2.01. The number of hydrogen-bond acceptors (Lipinski definition) is 3. The molecule has 3 nitrogen and oxygen atoms in total. The molecule has 0 unspecified atom stereocenters. The SMILES string of the molecule is CCCCCNC(=O)CSCc1ccc(C#N)cc1. The van der Waals surface area contributed by atoms with Crippen molar-refractivity contribution in [3.05, 3.63) is 35.4 Å². The first-order chi connectivity index (χ1) is 9.26. The standard InChI is InChI=1S/C15H20N2OS/c1-2-3-4-9-17-15(18)12-19-11-14-7-5-13(10-16)6-8-14/h5-8H,2-4,9,11-12H2,1H3,(H,17,18). The second kappa shape index (κ2) is 9.46. The van der Waals surface area contributed by atoms with E-state index in [9.17, 15) is 4.79 Å². The van der Waals surface area contributed by atoms with Crippen LogP contribution in [0.1, 0.15) is 37.3 Å².